The van der Waals surface area contributed by atoms with Gasteiger partial charge in [-0.1, -0.05) is 29.8 Å². The van der Waals surface area contributed by atoms with Crippen LogP contribution in [0, 0.1) is 13.8 Å². The van der Waals surface area contributed by atoms with Crippen LogP contribution in [0.3, 0.4) is 0 Å². The van der Waals surface area contributed by atoms with Crippen molar-refractivity contribution in [3.05, 3.63) is 58.1 Å². The van der Waals surface area contributed by atoms with Gasteiger partial charge in [0.1, 0.15) is 0 Å². The Morgan fingerprint density at radius 3 is 2.25 bits per heavy atom. The molecule has 0 atom stereocenters. The molecule has 0 radical (unpaired) electrons. The zero-order valence-electron chi connectivity index (χ0n) is 15.3. The smallest absolute Gasteiger partial charge is 0.324 e. The molecule has 0 unspecified atom stereocenters. The molecule has 1 N–H and O–H groups in total. The number of para-hydroxylation sites is 1. The van der Waals surface area contributed by atoms with Gasteiger partial charge < -0.3 is 5.32 Å². The number of likely N-dealkylation sites (N-methyl/N-ethyl adjacent to an activating group) is 1. The highest BCUT2D eigenvalue weighted by Gasteiger charge is 2.35. The summed E-state index contributed by atoms with van der Waals surface area (Å²) in [7, 11) is -3.22. The van der Waals surface area contributed by atoms with Crippen molar-refractivity contribution >= 4 is 33.2 Å². The molecule has 0 spiro atoms. The Hall–Kier alpha value is -2.10. The molecule has 10 heteroatoms. The number of amides is 1. The molecule has 0 heterocycles. The van der Waals surface area contributed by atoms with E-state index in [1.54, 1.807) is 26.0 Å². The third-order valence-corrected chi connectivity index (χ3v) is 6.19. The van der Waals surface area contributed by atoms with Crippen molar-refractivity contribution in [1.29, 1.82) is 0 Å². The molecule has 2 aromatic carbocycles. The highest BCUT2D eigenvalue weighted by atomic mass is 35.5. The first-order valence-electron chi connectivity index (χ1n) is 8.03. The maximum absolute atomic E-state index is 13.0. The number of carbonyl (C=O) groups excluding carboxylic acids is 1. The number of aryl methyl sites for hydroxylation is 2. The molecule has 2 rings (SSSR count). The normalized spacial score (nSPS) is 12.3. The monoisotopic (exact) mass is 434 g/mol. The summed E-state index contributed by atoms with van der Waals surface area (Å²) >= 11 is 5.52. The van der Waals surface area contributed by atoms with Gasteiger partial charge in [-0.05, 0) is 43.2 Å². The molecule has 0 aromatic heterocycles. The highest BCUT2D eigenvalue weighted by molar-refractivity contribution is 7.89. The summed E-state index contributed by atoms with van der Waals surface area (Å²) in [5.74, 6) is -0.617. The SMILES string of the molecule is Cc1cccc(C)c1NC(=O)CN(C)S(=O)(=O)c1ccc(Cl)c(C(F)(F)F)c1. The maximum atomic E-state index is 13.0. The van der Waals surface area contributed by atoms with Crippen LogP contribution in [0.2, 0.25) is 5.02 Å². The van der Waals surface area contributed by atoms with Crippen LogP contribution >= 0.6 is 11.6 Å². The van der Waals surface area contributed by atoms with Gasteiger partial charge in [-0.3, -0.25) is 4.79 Å². The van der Waals surface area contributed by atoms with Crippen LogP contribution in [0.4, 0.5) is 18.9 Å². The summed E-state index contributed by atoms with van der Waals surface area (Å²) in [5.41, 5.74) is 0.894. The number of hydrogen-bond acceptors (Lipinski definition) is 3. The van der Waals surface area contributed by atoms with Crippen LogP contribution in [0.1, 0.15) is 16.7 Å². The average Bonchev–Trinajstić information content (AvgIpc) is 2.57. The number of anilines is 1. The quantitative estimate of drug-likeness (QED) is 0.765. The van der Waals surface area contributed by atoms with Crippen molar-refractivity contribution < 1.29 is 26.4 Å². The first-order chi connectivity index (χ1) is 12.8. The van der Waals surface area contributed by atoms with Crippen molar-refractivity contribution in [2.75, 3.05) is 18.9 Å². The molecule has 152 valence electrons. The van der Waals surface area contributed by atoms with Crippen molar-refractivity contribution in [3.8, 4) is 0 Å². The Morgan fingerprint density at radius 1 is 1.14 bits per heavy atom. The molecule has 0 aliphatic carbocycles. The van der Waals surface area contributed by atoms with Gasteiger partial charge in [0.05, 0.1) is 22.0 Å². The molecule has 5 nitrogen and oxygen atoms in total. The lowest BCUT2D eigenvalue weighted by atomic mass is 10.1. The lowest BCUT2D eigenvalue weighted by Gasteiger charge is -2.19. The van der Waals surface area contributed by atoms with Gasteiger partial charge in [0.25, 0.3) is 0 Å². The topological polar surface area (TPSA) is 66.5 Å². The van der Waals surface area contributed by atoms with Crippen LogP contribution < -0.4 is 5.32 Å². The van der Waals surface area contributed by atoms with E-state index >= 15 is 0 Å². The average molecular weight is 435 g/mol. The van der Waals surface area contributed by atoms with Gasteiger partial charge >= 0.3 is 6.18 Å². The fourth-order valence-electron chi connectivity index (χ4n) is 2.54. The Bertz CT molecular complexity index is 987. The van der Waals surface area contributed by atoms with E-state index in [1.807, 2.05) is 6.07 Å². The van der Waals surface area contributed by atoms with E-state index in [4.69, 9.17) is 11.6 Å². The molecule has 0 saturated heterocycles. The minimum absolute atomic E-state index is 0.456. The highest BCUT2D eigenvalue weighted by Crippen LogP contribution is 2.36. The summed E-state index contributed by atoms with van der Waals surface area (Å²) in [4.78, 5) is 11.7. The number of halogens is 4. The fraction of sp³-hybridized carbons (Fsp3) is 0.278. The number of nitrogens with one attached hydrogen (secondary N) is 1. The Kier molecular flexibility index (Phi) is 6.42. The molecule has 0 fully saturated rings. The Balaban J connectivity index is 2.24. The largest absolute Gasteiger partial charge is 0.417 e. The van der Waals surface area contributed by atoms with Crippen LogP contribution in [-0.4, -0.2) is 32.2 Å². The minimum atomic E-state index is -4.80. The standard InChI is InChI=1S/C18H18ClF3N2O3S/c1-11-5-4-6-12(2)17(11)23-16(25)10-24(3)28(26,27)13-7-8-15(19)14(9-13)18(20,21)22/h4-9H,10H2,1-3H3,(H,23,25). The predicted molar refractivity (Wildman–Crippen MR) is 101 cm³/mol. The lowest BCUT2D eigenvalue weighted by molar-refractivity contribution is -0.137. The van der Waals surface area contributed by atoms with E-state index in [0.29, 0.717) is 16.1 Å². The number of nitrogens with zero attached hydrogens (tertiary/aromatic N) is 1. The second-order valence-corrected chi connectivity index (χ2v) is 8.67. The summed E-state index contributed by atoms with van der Waals surface area (Å²) in [5, 5.41) is 2.02. The van der Waals surface area contributed by atoms with Gasteiger partial charge in [-0.25, -0.2) is 8.42 Å². The molecule has 28 heavy (non-hydrogen) atoms. The molecule has 0 aliphatic rings. The first kappa shape index (κ1) is 22.2. The molecular weight excluding hydrogens is 417 g/mol. The van der Waals surface area contributed by atoms with Gasteiger partial charge in [-0.2, -0.15) is 17.5 Å². The van der Waals surface area contributed by atoms with Crippen LogP contribution in [0.25, 0.3) is 0 Å². The number of benzene rings is 2. The third kappa shape index (κ3) is 4.84. The lowest BCUT2D eigenvalue weighted by Crippen LogP contribution is -2.35. The Morgan fingerprint density at radius 2 is 1.71 bits per heavy atom. The zero-order valence-corrected chi connectivity index (χ0v) is 16.8. The summed E-state index contributed by atoms with van der Waals surface area (Å²) in [6.07, 6.45) is -4.80. The third-order valence-electron chi connectivity index (χ3n) is 4.06. The zero-order chi connectivity index (χ0) is 21.3. The van der Waals surface area contributed by atoms with E-state index in [0.717, 1.165) is 30.3 Å². The maximum Gasteiger partial charge on any atom is 0.417 e. The molecule has 1 amide bonds. The van der Waals surface area contributed by atoms with Crippen molar-refractivity contribution in [2.24, 2.45) is 0 Å². The molecule has 2 aromatic rings. The second kappa shape index (κ2) is 8.10. The van der Waals surface area contributed by atoms with Gasteiger partial charge in [-0.15, -0.1) is 0 Å². The van der Waals surface area contributed by atoms with E-state index in [2.05, 4.69) is 5.32 Å². The van der Waals surface area contributed by atoms with E-state index in [1.165, 1.54) is 0 Å². The Labute approximate surface area is 166 Å². The minimum Gasteiger partial charge on any atom is -0.324 e. The van der Waals surface area contributed by atoms with Crippen LogP contribution in [0.5, 0.6) is 0 Å². The predicted octanol–water partition coefficient (Wildman–Crippen LogP) is 4.23. The molecule has 0 bridgehead atoms. The summed E-state index contributed by atoms with van der Waals surface area (Å²) in [6.45, 7) is 3.00. The van der Waals surface area contributed by atoms with Crippen molar-refractivity contribution in [3.63, 3.8) is 0 Å². The van der Waals surface area contributed by atoms with Gasteiger partial charge in [0.15, 0.2) is 0 Å². The van der Waals surface area contributed by atoms with Crippen LogP contribution in [-0.2, 0) is 21.0 Å². The first-order valence-corrected chi connectivity index (χ1v) is 9.85. The summed E-state index contributed by atoms with van der Waals surface area (Å²) < 4.78 is 64.8. The van der Waals surface area contributed by atoms with E-state index in [9.17, 15) is 26.4 Å². The van der Waals surface area contributed by atoms with Crippen molar-refractivity contribution in [2.45, 2.75) is 24.9 Å². The molecule has 0 aliphatic heterocycles. The molecule has 0 saturated carbocycles. The van der Waals surface area contributed by atoms with E-state index < -0.39 is 44.1 Å². The number of rotatable bonds is 5. The number of hydrogen-bond donors (Lipinski definition) is 1. The van der Waals surface area contributed by atoms with Crippen LogP contribution in [0.15, 0.2) is 41.3 Å². The number of carbonyl (C=O) groups is 1. The number of alkyl halides is 3. The summed E-state index contributed by atoms with van der Waals surface area (Å²) in [6, 6.07) is 7.67. The number of sulfonamides is 1. The fourth-order valence-corrected chi connectivity index (χ4v) is 3.92. The van der Waals surface area contributed by atoms with E-state index in [-0.39, 0.29) is 0 Å². The van der Waals surface area contributed by atoms with Gasteiger partial charge in [0.2, 0.25) is 15.9 Å². The second-order valence-electron chi connectivity index (χ2n) is 6.22. The molecular formula is C18H18ClF3N2O3S. The van der Waals surface area contributed by atoms with Crippen molar-refractivity contribution in [1.82, 2.24) is 4.31 Å². The van der Waals surface area contributed by atoms with Gasteiger partial charge in [0, 0.05) is 12.7 Å².